The van der Waals surface area contributed by atoms with Crippen LogP contribution in [-0.4, -0.2) is 4.98 Å². The lowest BCUT2D eigenvalue weighted by atomic mass is 10.2. The predicted molar refractivity (Wildman–Crippen MR) is 44.4 cm³/mol. The Morgan fingerprint density at radius 1 is 1.55 bits per heavy atom. The van der Waals surface area contributed by atoms with Crippen LogP contribution in [0.5, 0.6) is 0 Å². The van der Waals surface area contributed by atoms with Crippen molar-refractivity contribution in [1.29, 1.82) is 0 Å². The third-order valence-corrected chi connectivity index (χ3v) is 1.49. The standard InChI is InChI=1S/C8H12N2O/c1-5-3-7(11)4-8(10-5)6(2)9/h3-4,6H,9H2,1-2H3,(H,10,11). The summed E-state index contributed by atoms with van der Waals surface area (Å²) >= 11 is 0. The van der Waals surface area contributed by atoms with E-state index in [0.29, 0.717) is 0 Å². The van der Waals surface area contributed by atoms with Crippen LogP contribution >= 0.6 is 0 Å². The highest BCUT2D eigenvalue weighted by molar-refractivity contribution is 5.12. The van der Waals surface area contributed by atoms with Crippen LogP contribution in [0.2, 0.25) is 0 Å². The van der Waals surface area contributed by atoms with E-state index in [1.807, 2.05) is 13.8 Å². The van der Waals surface area contributed by atoms with Crippen molar-refractivity contribution in [3.05, 3.63) is 33.7 Å². The highest BCUT2D eigenvalue weighted by Gasteiger charge is 1.99. The zero-order valence-corrected chi connectivity index (χ0v) is 6.72. The molecule has 1 atom stereocenters. The number of H-pyrrole nitrogens is 1. The number of nitrogens with two attached hydrogens (primary N) is 1. The highest BCUT2D eigenvalue weighted by Crippen LogP contribution is 2.02. The number of hydrogen-bond acceptors (Lipinski definition) is 2. The van der Waals surface area contributed by atoms with Crippen LogP contribution in [0.3, 0.4) is 0 Å². The first-order valence-electron chi connectivity index (χ1n) is 3.56. The summed E-state index contributed by atoms with van der Waals surface area (Å²) in [5, 5.41) is 0. The van der Waals surface area contributed by atoms with Gasteiger partial charge >= 0.3 is 0 Å². The molecule has 0 bridgehead atoms. The summed E-state index contributed by atoms with van der Waals surface area (Å²) in [6.45, 7) is 3.68. The molecule has 0 fully saturated rings. The van der Waals surface area contributed by atoms with Gasteiger partial charge in [0.2, 0.25) is 0 Å². The van der Waals surface area contributed by atoms with E-state index in [2.05, 4.69) is 4.98 Å². The van der Waals surface area contributed by atoms with Gasteiger partial charge in [0, 0.05) is 29.6 Å². The van der Waals surface area contributed by atoms with Gasteiger partial charge in [0.15, 0.2) is 5.43 Å². The molecule has 0 aromatic carbocycles. The molecule has 0 radical (unpaired) electrons. The molecule has 0 aliphatic carbocycles. The fourth-order valence-corrected chi connectivity index (χ4v) is 0.953. The minimum Gasteiger partial charge on any atom is -0.361 e. The van der Waals surface area contributed by atoms with E-state index in [0.717, 1.165) is 11.4 Å². The molecule has 0 aliphatic rings. The molecule has 1 heterocycles. The van der Waals surface area contributed by atoms with Gasteiger partial charge in [-0.15, -0.1) is 0 Å². The minimum atomic E-state index is -0.109. The molecule has 3 heteroatoms. The molecule has 0 saturated carbocycles. The fourth-order valence-electron chi connectivity index (χ4n) is 0.953. The number of aromatic nitrogens is 1. The van der Waals surface area contributed by atoms with Crippen molar-refractivity contribution in [3.8, 4) is 0 Å². The van der Waals surface area contributed by atoms with Gasteiger partial charge in [-0.05, 0) is 13.8 Å². The average Bonchev–Trinajstić information content (AvgIpc) is 1.85. The first kappa shape index (κ1) is 8.01. The van der Waals surface area contributed by atoms with Crippen molar-refractivity contribution in [2.24, 2.45) is 5.73 Å². The Labute approximate surface area is 65.2 Å². The van der Waals surface area contributed by atoms with Gasteiger partial charge in [-0.2, -0.15) is 0 Å². The van der Waals surface area contributed by atoms with Crippen LogP contribution in [-0.2, 0) is 0 Å². The Kier molecular flexibility index (Phi) is 2.10. The van der Waals surface area contributed by atoms with Crippen molar-refractivity contribution in [3.63, 3.8) is 0 Å². The summed E-state index contributed by atoms with van der Waals surface area (Å²) in [6.07, 6.45) is 0. The van der Waals surface area contributed by atoms with E-state index in [4.69, 9.17) is 5.73 Å². The van der Waals surface area contributed by atoms with Crippen molar-refractivity contribution < 1.29 is 0 Å². The van der Waals surface area contributed by atoms with Gasteiger partial charge in [-0.1, -0.05) is 0 Å². The Morgan fingerprint density at radius 3 is 2.64 bits per heavy atom. The van der Waals surface area contributed by atoms with E-state index in [-0.39, 0.29) is 11.5 Å². The summed E-state index contributed by atoms with van der Waals surface area (Å²) in [5.74, 6) is 0. The van der Waals surface area contributed by atoms with Crippen molar-refractivity contribution >= 4 is 0 Å². The Balaban J connectivity index is 3.19. The normalized spacial score (nSPS) is 13.0. The number of nitrogens with one attached hydrogen (secondary N) is 1. The van der Waals surface area contributed by atoms with Crippen LogP contribution in [0.25, 0.3) is 0 Å². The van der Waals surface area contributed by atoms with Gasteiger partial charge in [0.1, 0.15) is 0 Å². The predicted octanol–water partition coefficient (Wildman–Crippen LogP) is 0.703. The molecule has 1 unspecified atom stereocenters. The van der Waals surface area contributed by atoms with Crippen LogP contribution in [0.4, 0.5) is 0 Å². The number of aromatic amines is 1. The second-order valence-electron chi connectivity index (χ2n) is 2.74. The van der Waals surface area contributed by atoms with Gasteiger partial charge < -0.3 is 10.7 Å². The van der Waals surface area contributed by atoms with E-state index in [1.54, 1.807) is 6.07 Å². The fraction of sp³-hybridized carbons (Fsp3) is 0.375. The summed E-state index contributed by atoms with van der Waals surface area (Å²) in [5.41, 5.74) is 7.23. The maximum Gasteiger partial charge on any atom is 0.182 e. The molecule has 1 rings (SSSR count). The van der Waals surface area contributed by atoms with Crippen LogP contribution in [0, 0.1) is 6.92 Å². The second-order valence-corrected chi connectivity index (χ2v) is 2.74. The number of pyridine rings is 1. The summed E-state index contributed by atoms with van der Waals surface area (Å²) < 4.78 is 0. The third-order valence-electron chi connectivity index (χ3n) is 1.49. The molecule has 60 valence electrons. The maximum absolute atomic E-state index is 10.9. The summed E-state index contributed by atoms with van der Waals surface area (Å²) in [6, 6.07) is 2.96. The molecule has 0 spiro atoms. The van der Waals surface area contributed by atoms with E-state index in [9.17, 15) is 4.79 Å². The molecule has 0 saturated heterocycles. The van der Waals surface area contributed by atoms with Gasteiger partial charge in [-0.3, -0.25) is 4.79 Å². The highest BCUT2D eigenvalue weighted by atomic mass is 16.1. The lowest BCUT2D eigenvalue weighted by Crippen LogP contribution is -2.12. The van der Waals surface area contributed by atoms with Crippen molar-refractivity contribution in [1.82, 2.24) is 4.98 Å². The second kappa shape index (κ2) is 2.88. The van der Waals surface area contributed by atoms with Gasteiger partial charge in [0.05, 0.1) is 0 Å². The number of aryl methyl sites for hydroxylation is 1. The third kappa shape index (κ3) is 1.91. The zero-order chi connectivity index (χ0) is 8.43. The summed E-state index contributed by atoms with van der Waals surface area (Å²) in [7, 11) is 0. The van der Waals surface area contributed by atoms with Crippen LogP contribution < -0.4 is 11.2 Å². The zero-order valence-electron chi connectivity index (χ0n) is 6.72. The quantitative estimate of drug-likeness (QED) is 0.622. The molecule has 3 nitrogen and oxygen atoms in total. The van der Waals surface area contributed by atoms with Gasteiger partial charge in [-0.25, -0.2) is 0 Å². The van der Waals surface area contributed by atoms with E-state index >= 15 is 0 Å². The molecule has 0 amide bonds. The Morgan fingerprint density at radius 2 is 2.18 bits per heavy atom. The average molecular weight is 152 g/mol. The lowest BCUT2D eigenvalue weighted by Gasteiger charge is -2.05. The van der Waals surface area contributed by atoms with E-state index < -0.39 is 0 Å². The summed E-state index contributed by atoms with van der Waals surface area (Å²) in [4.78, 5) is 14.0. The number of rotatable bonds is 1. The Bertz CT molecular complexity index is 301. The molecular weight excluding hydrogens is 140 g/mol. The molecular formula is C8H12N2O. The molecule has 0 aliphatic heterocycles. The van der Waals surface area contributed by atoms with E-state index in [1.165, 1.54) is 6.07 Å². The molecule has 1 aromatic rings. The smallest absolute Gasteiger partial charge is 0.182 e. The molecule has 1 aromatic heterocycles. The monoisotopic (exact) mass is 152 g/mol. The topological polar surface area (TPSA) is 58.9 Å². The van der Waals surface area contributed by atoms with Crippen molar-refractivity contribution in [2.75, 3.05) is 0 Å². The largest absolute Gasteiger partial charge is 0.361 e. The van der Waals surface area contributed by atoms with Crippen LogP contribution in [0.1, 0.15) is 24.4 Å². The van der Waals surface area contributed by atoms with Crippen molar-refractivity contribution in [2.45, 2.75) is 19.9 Å². The first-order valence-corrected chi connectivity index (χ1v) is 3.56. The molecule has 3 N–H and O–H groups in total. The first-order chi connectivity index (χ1) is 5.09. The van der Waals surface area contributed by atoms with Gasteiger partial charge in [0.25, 0.3) is 0 Å². The Hall–Kier alpha value is -1.09. The minimum absolute atomic E-state index is 0.00792. The van der Waals surface area contributed by atoms with Crippen LogP contribution in [0.15, 0.2) is 16.9 Å². The number of hydrogen-bond donors (Lipinski definition) is 2. The SMILES string of the molecule is Cc1cc(=O)cc(C(C)N)[nH]1. The molecule has 11 heavy (non-hydrogen) atoms. The lowest BCUT2D eigenvalue weighted by molar-refractivity contribution is 0.773. The maximum atomic E-state index is 10.9.